The summed E-state index contributed by atoms with van der Waals surface area (Å²) in [6.45, 7) is 3.77. The number of hydrogen-bond donors (Lipinski definition) is 4. The van der Waals surface area contributed by atoms with E-state index in [-0.39, 0.29) is 0 Å². The van der Waals surface area contributed by atoms with Crippen molar-refractivity contribution in [3.8, 4) is 0 Å². The Hall–Kier alpha value is -0.210. The van der Waals surface area contributed by atoms with Crippen LogP contribution >= 0.6 is 0 Å². The number of nitrogens with one attached hydrogen (secondary N) is 1. The van der Waals surface area contributed by atoms with Crippen molar-refractivity contribution >= 4 is 10.0 Å². The third-order valence-corrected chi connectivity index (χ3v) is 6.81. The van der Waals surface area contributed by atoms with Gasteiger partial charge in [-0.05, 0) is 25.7 Å². The van der Waals surface area contributed by atoms with E-state index >= 15 is 0 Å². The number of unbranched alkanes of at least 4 members (excludes halogenated alkanes) is 1. The highest BCUT2D eigenvalue weighted by molar-refractivity contribution is 7.90. The first-order chi connectivity index (χ1) is 10.8. The lowest BCUT2D eigenvalue weighted by atomic mass is 9.83. The summed E-state index contributed by atoms with van der Waals surface area (Å²) >= 11 is 0. The van der Waals surface area contributed by atoms with Crippen molar-refractivity contribution in [2.45, 2.75) is 88.7 Å². The Kier molecular flexibility index (Phi) is 9.00. The highest BCUT2D eigenvalue weighted by atomic mass is 32.2. The molecular weight excluding hydrogens is 316 g/mol. The quantitative estimate of drug-likeness (QED) is 0.441. The average molecular weight is 351 g/mol. The Labute approximate surface area is 140 Å². The summed E-state index contributed by atoms with van der Waals surface area (Å²) in [5.41, 5.74) is 5.94. The van der Waals surface area contributed by atoms with Gasteiger partial charge in [0.05, 0.1) is 18.2 Å². The molecule has 1 aliphatic carbocycles. The van der Waals surface area contributed by atoms with Gasteiger partial charge in [-0.2, -0.15) is 0 Å². The molecule has 0 amide bonds. The summed E-state index contributed by atoms with van der Waals surface area (Å²) in [6, 6.07) is -0.949. The molecule has 2 unspecified atom stereocenters. The number of nitrogens with two attached hydrogens (primary N) is 1. The molecule has 7 heteroatoms. The molecule has 1 fully saturated rings. The molecule has 0 saturated heterocycles. The molecular formula is C16H34N2O4S. The molecule has 0 aromatic carbocycles. The maximum Gasteiger partial charge on any atom is 0.216 e. The zero-order valence-electron chi connectivity index (χ0n) is 14.4. The van der Waals surface area contributed by atoms with Crippen LogP contribution in [0.2, 0.25) is 0 Å². The standard InChI is InChI=1S/C16H34N2O4S/c1-3-4-10-18-23(21,22)12(2)16(20)15(17)14(19)11-13-8-6-5-7-9-13/h12-16,18-20H,3-11,17H2,1-2H3/t12?,14-,15+,16?/m1/s1. The Morgan fingerprint density at radius 3 is 2.39 bits per heavy atom. The van der Waals surface area contributed by atoms with Crippen LogP contribution in [0.4, 0.5) is 0 Å². The lowest BCUT2D eigenvalue weighted by molar-refractivity contribution is 0.0378. The largest absolute Gasteiger partial charge is 0.391 e. The Morgan fingerprint density at radius 1 is 1.22 bits per heavy atom. The summed E-state index contributed by atoms with van der Waals surface area (Å²) in [7, 11) is -3.63. The topological polar surface area (TPSA) is 113 Å². The highest BCUT2D eigenvalue weighted by Gasteiger charge is 2.35. The predicted octanol–water partition coefficient (Wildman–Crippen LogP) is 1.11. The van der Waals surface area contributed by atoms with Crippen molar-refractivity contribution in [2.24, 2.45) is 11.7 Å². The van der Waals surface area contributed by atoms with Crippen LogP contribution in [0.25, 0.3) is 0 Å². The summed E-state index contributed by atoms with van der Waals surface area (Å²) in [5.74, 6) is 0.423. The Morgan fingerprint density at radius 2 is 1.83 bits per heavy atom. The molecule has 0 aliphatic heterocycles. The number of aliphatic hydroxyl groups is 2. The van der Waals surface area contributed by atoms with E-state index in [0.29, 0.717) is 18.9 Å². The summed E-state index contributed by atoms with van der Waals surface area (Å²) in [5, 5.41) is 19.5. The fourth-order valence-corrected chi connectivity index (χ4v) is 4.41. The first kappa shape index (κ1) is 20.8. The first-order valence-electron chi connectivity index (χ1n) is 8.89. The van der Waals surface area contributed by atoms with E-state index in [1.54, 1.807) is 0 Å². The van der Waals surface area contributed by atoms with Gasteiger partial charge in [0.1, 0.15) is 5.25 Å². The van der Waals surface area contributed by atoms with Crippen LogP contribution in [0, 0.1) is 5.92 Å². The molecule has 0 aromatic heterocycles. The van der Waals surface area contributed by atoms with Gasteiger partial charge in [0.15, 0.2) is 0 Å². The molecule has 0 spiro atoms. The average Bonchev–Trinajstić information content (AvgIpc) is 2.53. The van der Waals surface area contributed by atoms with Gasteiger partial charge in [0.2, 0.25) is 10.0 Å². The van der Waals surface area contributed by atoms with Crippen molar-refractivity contribution < 1.29 is 18.6 Å². The van der Waals surface area contributed by atoms with Crippen molar-refractivity contribution in [1.82, 2.24) is 4.72 Å². The second kappa shape index (κ2) is 9.93. The SMILES string of the molecule is CCCCNS(=O)(=O)C(C)C(O)[C@@H](N)[C@H](O)CC1CCCCC1. The van der Waals surface area contributed by atoms with Crippen molar-refractivity contribution in [3.63, 3.8) is 0 Å². The normalized spacial score (nSPS) is 22.5. The monoisotopic (exact) mass is 350 g/mol. The van der Waals surface area contributed by atoms with Crippen LogP contribution in [0.1, 0.15) is 65.2 Å². The highest BCUT2D eigenvalue weighted by Crippen LogP contribution is 2.28. The van der Waals surface area contributed by atoms with Gasteiger partial charge in [0.25, 0.3) is 0 Å². The number of hydrogen-bond acceptors (Lipinski definition) is 5. The van der Waals surface area contributed by atoms with Gasteiger partial charge in [-0.1, -0.05) is 45.4 Å². The predicted molar refractivity (Wildman–Crippen MR) is 92.5 cm³/mol. The molecule has 1 aliphatic rings. The van der Waals surface area contributed by atoms with E-state index in [9.17, 15) is 18.6 Å². The molecule has 1 saturated carbocycles. The van der Waals surface area contributed by atoms with Crippen molar-refractivity contribution in [2.75, 3.05) is 6.54 Å². The van der Waals surface area contributed by atoms with E-state index in [1.165, 1.54) is 26.2 Å². The van der Waals surface area contributed by atoms with Gasteiger partial charge in [-0.25, -0.2) is 13.1 Å². The van der Waals surface area contributed by atoms with Gasteiger partial charge in [-0.15, -0.1) is 0 Å². The fraction of sp³-hybridized carbons (Fsp3) is 1.00. The minimum atomic E-state index is -3.63. The van der Waals surface area contributed by atoms with Gasteiger partial charge in [0, 0.05) is 6.54 Å². The van der Waals surface area contributed by atoms with Crippen LogP contribution in [-0.2, 0) is 10.0 Å². The second-order valence-electron chi connectivity index (χ2n) is 6.87. The van der Waals surface area contributed by atoms with Gasteiger partial charge < -0.3 is 15.9 Å². The maximum absolute atomic E-state index is 12.2. The van der Waals surface area contributed by atoms with Crippen LogP contribution in [0.3, 0.4) is 0 Å². The molecule has 0 heterocycles. The molecule has 6 nitrogen and oxygen atoms in total. The lowest BCUT2D eigenvalue weighted by Gasteiger charge is -2.31. The van der Waals surface area contributed by atoms with Crippen LogP contribution in [0.5, 0.6) is 0 Å². The van der Waals surface area contributed by atoms with Crippen molar-refractivity contribution in [3.05, 3.63) is 0 Å². The zero-order valence-corrected chi connectivity index (χ0v) is 15.3. The second-order valence-corrected chi connectivity index (χ2v) is 9.00. The van der Waals surface area contributed by atoms with E-state index < -0.39 is 33.5 Å². The van der Waals surface area contributed by atoms with E-state index in [4.69, 9.17) is 5.73 Å². The van der Waals surface area contributed by atoms with E-state index in [2.05, 4.69) is 4.72 Å². The van der Waals surface area contributed by atoms with Gasteiger partial charge >= 0.3 is 0 Å². The minimum Gasteiger partial charge on any atom is -0.391 e. The number of aliphatic hydroxyl groups excluding tert-OH is 2. The number of rotatable bonds is 10. The van der Waals surface area contributed by atoms with Gasteiger partial charge in [-0.3, -0.25) is 0 Å². The van der Waals surface area contributed by atoms with Crippen LogP contribution < -0.4 is 10.5 Å². The zero-order chi connectivity index (χ0) is 17.5. The Bertz CT molecular complexity index is 424. The molecule has 23 heavy (non-hydrogen) atoms. The Balaban J connectivity index is 2.53. The molecule has 0 aromatic rings. The molecule has 4 atom stereocenters. The molecule has 0 radical (unpaired) electrons. The van der Waals surface area contributed by atoms with Crippen molar-refractivity contribution in [1.29, 1.82) is 0 Å². The maximum atomic E-state index is 12.2. The summed E-state index contributed by atoms with van der Waals surface area (Å²) in [4.78, 5) is 0. The smallest absolute Gasteiger partial charge is 0.216 e. The minimum absolute atomic E-state index is 0.357. The fourth-order valence-electron chi connectivity index (χ4n) is 3.17. The van der Waals surface area contributed by atoms with Crippen LogP contribution in [-0.4, -0.2) is 48.7 Å². The summed E-state index contributed by atoms with van der Waals surface area (Å²) in [6.07, 6.45) is 5.74. The van der Waals surface area contributed by atoms with E-state index in [1.807, 2.05) is 6.92 Å². The molecule has 5 N–H and O–H groups in total. The third kappa shape index (κ3) is 6.66. The first-order valence-corrected chi connectivity index (χ1v) is 10.4. The van der Waals surface area contributed by atoms with Crippen LogP contribution in [0.15, 0.2) is 0 Å². The lowest BCUT2D eigenvalue weighted by Crippen LogP contribution is -2.53. The van der Waals surface area contributed by atoms with E-state index in [0.717, 1.165) is 25.7 Å². The molecule has 0 bridgehead atoms. The third-order valence-electron chi connectivity index (χ3n) is 4.94. The molecule has 1 rings (SSSR count). The molecule has 138 valence electrons. The number of sulfonamides is 1. The summed E-state index contributed by atoms with van der Waals surface area (Å²) < 4.78 is 26.8.